The Bertz CT molecular complexity index is 811. The maximum absolute atomic E-state index is 11.9. The fraction of sp³-hybridized carbons (Fsp3) is 0. The first-order chi connectivity index (χ1) is 9.86. The number of rotatable bonds is 3. The maximum Gasteiger partial charge on any atom is 0.337 e. The number of benzene rings is 1. The number of nitrogens with one attached hydrogen (secondary N) is 3. The van der Waals surface area contributed by atoms with E-state index >= 15 is 0 Å². The molecule has 1 aromatic heterocycles. The Balaban J connectivity index is 2.38. The number of carbonyl (C=O) groups is 2. The van der Waals surface area contributed by atoms with Crippen LogP contribution < -0.4 is 16.6 Å². The number of aromatic carboxylic acids is 1. The SMILES string of the molecule is O=C(Nc1ccc(Cl)cc1C(=O)O)c1cc(=O)[nH]c(=O)[nH]1. The smallest absolute Gasteiger partial charge is 0.337 e. The molecule has 2 rings (SSSR count). The Morgan fingerprint density at radius 3 is 2.48 bits per heavy atom. The average Bonchev–Trinajstić information content (AvgIpc) is 2.39. The van der Waals surface area contributed by atoms with Crippen LogP contribution in [0.2, 0.25) is 5.02 Å². The van der Waals surface area contributed by atoms with Crippen LogP contribution in [0, 0.1) is 0 Å². The number of halogens is 1. The standard InChI is InChI=1S/C12H8ClN3O5/c13-5-1-2-7(6(3-5)11(19)20)14-10(18)8-4-9(17)16-12(21)15-8/h1-4H,(H,14,18)(H,19,20)(H2,15,16,17,21). The van der Waals surface area contributed by atoms with Crippen molar-refractivity contribution in [2.75, 3.05) is 5.32 Å². The van der Waals surface area contributed by atoms with Gasteiger partial charge < -0.3 is 15.4 Å². The van der Waals surface area contributed by atoms with Crippen molar-refractivity contribution in [2.45, 2.75) is 0 Å². The van der Waals surface area contributed by atoms with E-state index in [0.29, 0.717) is 0 Å². The first-order valence-corrected chi connectivity index (χ1v) is 5.92. The summed E-state index contributed by atoms with van der Waals surface area (Å²) in [4.78, 5) is 49.2. The predicted octanol–water partition coefficient (Wildman–Crippen LogP) is 0.667. The fourth-order valence-electron chi connectivity index (χ4n) is 1.58. The molecule has 0 fully saturated rings. The first kappa shape index (κ1) is 14.5. The van der Waals surface area contributed by atoms with Gasteiger partial charge in [-0.3, -0.25) is 14.6 Å². The number of hydrogen-bond acceptors (Lipinski definition) is 4. The highest BCUT2D eigenvalue weighted by molar-refractivity contribution is 6.31. The Kier molecular flexibility index (Phi) is 3.90. The molecular weight excluding hydrogens is 302 g/mol. The summed E-state index contributed by atoms with van der Waals surface area (Å²) < 4.78 is 0. The molecule has 0 atom stereocenters. The van der Waals surface area contributed by atoms with Crippen molar-refractivity contribution in [3.63, 3.8) is 0 Å². The lowest BCUT2D eigenvalue weighted by Crippen LogP contribution is -2.27. The molecule has 0 bridgehead atoms. The van der Waals surface area contributed by atoms with Gasteiger partial charge in [0.15, 0.2) is 0 Å². The molecule has 0 spiro atoms. The van der Waals surface area contributed by atoms with Crippen molar-refractivity contribution in [1.82, 2.24) is 9.97 Å². The highest BCUT2D eigenvalue weighted by atomic mass is 35.5. The highest BCUT2D eigenvalue weighted by Crippen LogP contribution is 2.21. The van der Waals surface area contributed by atoms with E-state index in [4.69, 9.17) is 16.7 Å². The summed E-state index contributed by atoms with van der Waals surface area (Å²) in [7, 11) is 0. The summed E-state index contributed by atoms with van der Waals surface area (Å²) in [5.41, 5.74) is -2.13. The van der Waals surface area contributed by atoms with Crippen LogP contribution in [0.15, 0.2) is 33.9 Å². The number of aromatic amines is 2. The van der Waals surface area contributed by atoms with Crippen molar-refractivity contribution in [3.05, 3.63) is 61.4 Å². The number of carboxylic acids is 1. The predicted molar refractivity (Wildman–Crippen MR) is 74.0 cm³/mol. The van der Waals surface area contributed by atoms with Crippen molar-refractivity contribution >= 4 is 29.2 Å². The second kappa shape index (κ2) is 5.63. The molecule has 1 aromatic carbocycles. The third-order valence-electron chi connectivity index (χ3n) is 2.47. The van der Waals surface area contributed by atoms with Gasteiger partial charge in [0.05, 0.1) is 11.3 Å². The van der Waals surface area contributed by atoms with Crippen LogP contribution in [-0.4, -0.2) is 27.0 Å². The number of aromatic nitrogens is 2. The summed E-state index contributed by atoms with van der Waals surface area (Å²) in [6.07, 6.45) is 0. The van der Waals surface area contributed by atoms with E-state index in [9.17, 15) is 19.2 Å². The molecule has 21 heavy (non-hydrogen) atoms. The van der Waals surface area contributed by atoms with Gasteiger partial charge in [-0.1, -0.05) is 11.6 Å². The van der Waals surface area contributed by atoms with Crippen molar-refractivity contribution in [2.24, 2.45) is 0 Å². The van der Waals surface area contributed by atoms with Crippen LogP contribution in [0.1, 0.15) is 20.8 Å². The van der Waals surface area contributed by atoms with Gasteiger partial charge in [0.2, 0.25) is 0 Å². The number of hydrogen-bond donors (Lipinski definition) is 4. The lowest BCUT2D eigenvalue weighted by Gasteiger charge is -2.08. The molecule has 0 saturated carbocycles. The van der Waals surface area contributed by atoms with Crippen LogP contribution in [0.5, 0.6) is 0 Å². The van der Waals surface area contributed by atoms with E-state index in [1.165, 1.54) is 18.2 Å². The number of anilines is 1. The zero-order valence-electron chi connectivity index (χ0n) is 10.3. The highest BCUT2D eigenvalue weighted by Gasteiger charge is 2.15. The molecule has 0 aliphatic carbocycles. The van der Waals surface area contributed by atoms with Crippen LogP contribution in [0.25, 0.3) is 0 Å². The number of carbonyl (C=O) groups excluding carboxylic acids is 1. The normalized spacial score (nSPS) is 10.1. The van der Waals surface area contributed by atoms with Crippen LogP contribution in [-0.2, 0) is 0 Å². The van der Waals surface area contributed by atoms with E-state index in [-0.39, 0.29) is 22.0 Å². The molecule has 2 aromatic rings. The minimum Gasteiger partial charge on any atom is -0.478 e. The molecule has 9 heteroatoms. The third-order valence-corrected chi connectivity index (χ3v) is 2.70. The largest absolute Gasteiger partial charge is 0.478 e. The molecule has 0 radical (unpaired) electrons. The second-order valence-corrected chi connectivity index (χ2v) is 4.39. The quantitative estimate of drug-likeness (QED) is 0.661. The van der Waals surface area contributed by atoms with Gasteiger partial charge in [0, 0.05) is 11.1 Å². The fourth-order valence-corrected chi connectivity index (χ4v) is 1.76. The molecule has 0 unspecified atom stereocenters. The monoisotopic (exact) mass is 309 g/mol. The van der Waals surface area contributed by atoms with Crippen LogP contribution in [0.4, 0.5) is 5.69 Å². The lowest BCUT2D eigenvalue weighted by molar-refractivity contribution is 0.0698. The van der Waals surface area contributed by atoms with Crippen molar-refractivity contribution in [1.29, 1.82) is 0 Å². The summed E-state index contributed by atoms with van der Waals surface area (Å²) in [6, 6.07) is 4.74. The van der Waals surface area contributed by atoms with Gasteiger partial charge in [-0.05, 0) is 18.2 Å². The van der Waals surface area contributed by atoms with Gasteiger partial charge in [0.25, 0.3) is 11.5 Å². The Morgan fingerprint density at radius 2 is 1.86 bits per heavy atom. The van der Waals surface area contributed by atoms with E-state index in [1.807, 2.05) is 4.98 Å². The van der Waals surface area contributed by atoms with Gasteiger partial charge in [-0.25, -0.2) is 9.59 Å². The molecule has 1 amide bonds. The van der Waals surface area contributed by atoms with Crippen LogP contribution >= 0.6 is 11.6 Å². The second-order valence-electron chi connectivity index (χ2n) is 3.95. The first-order valence-electron chi connectivity index (χ1n) is 5.54. The topological polar surface area (TPSA) is 132 Å². The Hall–Kier alpha value is -2.87. The van der Waals surface area contributed by atoms with Gasteiger partial charge >= 0.3 is 11.7 Å². The van der Waals surface area contributed by atoms with E-state index in [0.717, 1.165) is 6.07 Å². The summed E-state index contributed by atoms with van der Waals surface area (Å²) in [6.45, 7) is 0. The Morgan fingerprint density at radius 1 is 1.14 bits per heavy atom. The maximum atomic E-state index is 11.9. The van der Waals surface area contributed by atoms with E-state index < -0.39 is 23.1 Å². The summed E-state index contributed by atoms with van der Waals surface area (Å²) in [5.74, 6) is -2.12. The van der Waals surface area contributed by atoms with Gasteiger partial charge in [0.1, 0.15) is 5.69 Å². The summed E-state index contributed by atoms with van der Waals surface area (Å²) in [5, 5.41) is 11.5. The van der Waals surface area contributed by atoms with Crippen molar-refractivity contribution in [3.8, 4) is 0 Å². The molecule has 4 N–H and O–H groups in total. The third kappa shape index (κ3) is 3.37. The number of amides is 1. The molecular formula is C12H8ClN3O5. The minimum atomic E-state index is -1.28. The molecule has 8 nitrogen and oxygen atoms in total. The number of carboxylic acid groups (broad SMARTS) is 1. The average molecular weight is 310 g/mol. The minimum absolute atomic E-state index is 0.0157. The molecule has 0 aliphatic rings. The van der Waals surface area contributed by atoms with Crippen molar-refractivity contribution < 1.29 is 14.7 Å². The van der Waals surface area contributed by atoms with Crippen LogP contribution in [0.3, 0.4) is 0 Å². The molecule has 108 valence electrons. The Labute approximate surface area is 121 Å². The summed E-state index contributed by atoms with van der Waals surface area (Å²) >= 11 is 5.69. The van der Waals surface area contributed by atoms with Gasteiger partial charge in [-0.2, -0.15) is 0 Å². The zero-order chi connectivity index (χ0) is 15.6. The number of H-pyrrole nitrogens is 2. The zero-order valence-corrected chi connectivity index (χ0v) is 11.0. The van der Waals surface area contributed by atoms with E-state index in [2.05, 4.69) is 10.3 Å². The van der Waals surface area contributed by atoms with Gasteiger partial charge in [-0.15, -0.1) is 0 Å². The molecule has 0 saturated heterocycles. The molecule has 0 aliphatic heterocycles. The lowest BCUT2D eigenvalue weighted by atomic mass is 10.1. The molecule has 1 heterocycles. The van der Waals surface area contributed by atoms with E-state index in [1.54, 1.807) is 0 Å².